The molecule has 0 aliphatic carbocycles. The summed E-state index contributed by atoms with van der Waals surface area (Å²) in [4.78, 5) is 30.8. The van der Waals surface area contributed by atoms with Gasteiger partial charge in [0, 0.05) is 25.3 Å². The molecule has 1 unspecified atom stereocenters. The second-order valence-corrected chi connectivity index (χ2v) is 9.91. The molecule has 0 spiro atoms. The highest BCUT2D eigenvalue weighted by Gasteiger charge is 2.52. The number of ether oxygens (including phenoxy) is 1. The third-order valence-electron chi connectivity index (χ3n) is 5.77. The summed E-state index contributed by atoms with van der Waals surface area (Å²) in [5.41, 5.74) is -3.29. The van der Waals surface area contributed by atoms with Gasteiger partial charge in [-0.3, -0.25) is 14.4 Å². The SMILES string of the molecule is CC(C)(C)OC(=O)N1CCC[C@@H](Nc2cncc(-c3cnc4cnc(C(C)(O)C(F)(F)F)cn34)n2)C1. The Morgan fingerprint density at radius 2 is 1.89 bits per heavy atom. The van der Waals surface area contributed by atoms with E-state index in [1.165, 1.54) is 23.0 Å². The zero-order valence-electron chi connectivity index (χ0n) is 20.4. The smallest absolute Gasteiger partial charge is 0.422 e. The number of amides is 1. The third-order valence-corrected chi connectivity index (χ3v) is 5.77. The van der Waals surface area contributed by atoms with Crippen LogP contribution in [0.4, 0.5) is 23.8 Å². The number of hydrogen-bond donors (Lipinski definition) is 2. The molecule has 1 amide bonds. The van der Waals surface area contributed by atoms with Crippen LogP contribution in [0.2, 0.25) is 0 Å². The van der Waals surface area contributed by atoms with Gasteiger partial charge in [-0.15, -0.1) is 0 Å². The summed E-state index contributed by atoms with van der Waals surface area (Å²) in [5, 5.41) is 13.3. The van der Waals surface area contributed by atoms with Crippen LogP contribution in [0.15, 0.2) is 31.0 Å². The molecule has 0 saturated carbocycles. The Morgan fingerprint density at radius 1 is 1.14 bits per heavy atom. The van der Waals surface area contributed by atoms with Crippen LogP contribution in [-0.4, -0.2) is 71.3 Å². The predicted molar refractivity (Wildman–Crippen MR) is 124 cm³/mol. The Bertz CT molecular complexity index is 1250. The van der Waals surface area contributed by atoms with Gasteiger partial charge in [0.15, 0.2) is 5.65 Å². The van der Waals surface area contributed by atoms with Gasteiger partial charge in [-0.1, -0.05) is 0 Å². The standard InChI is InChI=1S/C23H28F3N7O3/c1-21(2,3)36-20(34)32-7-5-6-14(12-32)30-18-10-27-8-15(31-18)16-9-29-19-11-28-17(13-33(16)19)22(4,35)23(24,25)26/h8-11,13-14,35H,5-7,12H2,1-4H3,(H,30,31)/t14-,22?/m1/s1. The van der Waals surface area contributed by atoms with E-state index >= 15 is 0 Å². The van der Waals surface area contributed by atoms with Gasteiger partial charge < -0.3 is 20.1 Å². The number of alkyl halides is 3. The zero-order valence-corrected chi connectivity index (χ0v) is 20.4. The lowest BCUT2D eigenvalue weighted by atomic mass is 10.0. The van der Waals surface area contributed by atoms with Crippen LogP contribution < -0.4 is 5.32 Å². The molecular weight excluding hydrogens is 479 g/mol. The molecule has 1 aliphatic heterocycles. The van der Waals surface area contributed by atoms with Crippen molar-refractivity contribution >= 4 is 17.6 Å². The van der Waals surface area contributed by atoms with Crippen LogP contribution in [0.1, 0.15) is 46.2 Å². The van der Waals surface area contributed by atoms with Crippen molar-refractivity contribution in [3.8, 4) is 11.4 Å². The van der Waals surface area contributed by atoms with E-state index in [4.69, 9.17) is 4.74 Å². The highest BCUT2D eigenvalue weighted by atomic mass is 19.4. The summed E-state index contributed by atoms with van der Waals surface area (Å²) in [6.45, 7) is 7.11. The van der Waals surface area contributed by atoms with E-state index in [0.717, 1.165) is 25.2 Å². The lowest BCUT2D eigenvalue weighted by Gasteiger charge is -2.34. The normalized spacial score (nSPS) is 18.7. The van der Waals surface area contributed by atoms with Gasteiger partial charge in [0.2, 0.25) is 5.60 Å². The largest absolute Gasteiger partial charge is 0.444 e. The number of nitrogens with one attached hydrogen (secondary N) is 1. The van der Waals surface area contributed by atoms with E-state index in [2.05, 4.69) is 25.3 Å². The fourth-order valence-electron chi connectivity index (χ4n) is 3.83. The highest BCUT2D eigenvalue weighted by Crippen LogP contribution is 2.37. The minimum atomic E-state index is -4.91. The van der Waals surface area contributed by atoms with Gasteiger partial charge in [0.25, 0.3) is 0 Å². The quantitative estimate of drug-likeness (QED) is 0.548. The van der Waals surface area contributed by atoms with E-state index in [1.54, 1.807) is 4.90 Å². The Labute approximate surface area is 205 Å². The topological polar surface area (TPSA) is 118 Å². The number of aromatic nitrogens is 5. The predicted octanol–water partition coefficient (Wildman–Crippen LogP) is 3.77. The first kappa shape index (κ1) is 25.6. The van der Waals surface area contributed by atoms with E-state index in [1.807, 2.05) is 20.8 Å². The van der Waals surface area contributed by atoms with Crippen LogP contribution in [0.3, 0.4) is 0 Å². The number of halogens is 3. The Hall–Kier alpha value is -3.48. The molecule has 0 aromatic carbocycles. The molecule has 4 heterocycles. The second kappa shape index (κ2) is 9.19. The fourth-order valence-corrected chi connectivity index (χ4v) is 3.83. The van der Waals surface area contributed by atoms with Crippen LogP contribution in [0.25, 0.3) is 17.0 Å². The number of hydrogen-bond acceptors (Lipinski definition) is 8. The first-order valence-electron chi connectivity index (χ1n) is 11.4. The van der Waals surface area contributed by atoms with Crippen molar-refractivity contribution < 1.29 is 27.8 Å². The minimum absolute atomic E-state index is 0.0873. The number of imidazole rings is 1. The average Bonchev–Trinajstić information content (AvgIpc) is 3.21. The Morgan fingerprint density at radius 3 is 2.58 bits per heavy atom. The molecule has 10 nitrogen and oxygen atoms in total. The summed E-state index contributed by atoms with van der Waals surface area (Å²) in [6, 6.07) is -0.0873. The molecule has 36 heavy (non-hydrogen) atoms. The van der Waals surface area contributed by atoms with Crippen molar-refractivity contribution in [3.63, 3.8) is 0 Å². The van der Waals surface area contributed by atoms with Crippen molar-refractivity contribution in [1.82, 2.24) is 29.2 Å². The van der Waals surface area contributed by atoms with Crippen molar-refractivity contribution in [2.24, 2.45) is 0 Å². The van der Waals surface area contributed by atoms with Crippen molar-refractivity contribution in [2.75, 3.05) is 18.4 Å². The van der Waals surface area contributed by atoms with Gasteiger partial charge >= 0.3 is 12.3 Å². The third kappa shape index (κ3) is 5.35. The molecule has 4 rings (SSSR count). The van der Waals surface area contributed by atoms with Crippen molar-refractivity contribution in [3.05, 3.63) is 36.7 Å². The fraction of sp³-hybridized carbons (Fsp3) is 0.522. The highest BCUT2D eigenvalue weighted by molar-refractivity contribution is 5.68. The maximum atomic E-state index is 13.3. The second-order valence-electron chi connectivity index (χ2n) is 9.91. The molecule has 2 N–H and O–H groups in total. The number of aliphatic hydroxyl groups is 1. The summed E-state index contributed by atoms with van der Waals surface area (Å²) < 4.78 is 46.8. The molecule has 0 bridgehead atoms. The summed E-state index contributed by atoms with van der Waals surface area (Å²) in [7, 11) is 0. The molecule has 1 saturated heterocycles. The van der Waals surface area contributed by atoms with E-state index in [9.17, 15) is 23.1 Å². The van der Waals surface area contributed by atoms with Gasteiger partial charge in [-0.2, -0.15) is 13.2 Å². The monoisotopic (exact) mass is 507 g/mol. The van der Waals surface area contributed by atoms with Gasteiger partial charge in [-0.05, 0) is 40.5 Å². The lowest BCUT2D eigenvalue weighted by Crippen LogP contribution is -2.47. The van der Waals surface area contributed by atoms with Gasteiger partial charge in [0.1, 0.15) is 17.1 Å². The van der Waals surface area contributed by atoms with E-state index in [0.29, 0.717) is 37.2 Å². The summed E-state index contributed by atoms with van der Waals surface area (Å²) in [6.07, 6.45) is 2.99. The number of piperidine rings is 1. The number of carbonyl (C=O) groups is 1. The summed E-state index contributed by atoms with van der Waals surface area (Å²) >= 11 is 0. The molecule has 194 valence electrons. The van der Waals surface area contributed by atoms with Gasteiger partial charge in [-0.25, -0.2) is 14.8 Å². The Balaban J connectivity index is 1.55. The molecule has 1 fully saturated rings. The number of anilines is 1. The van der Waals surface area contributed by atoms with Crippen LogP contribution in [0, 0.1) is 0 Å². The van der Waals surface area contributed by atoms with E-state index < -0.39 is 23.1 Å². The van der Waals surface area contributed by atoms with Crippen LogP contribution >= 0.6 is 0 Å². The minimum Gasteiger partial charge on any atom is -0.444 e. The number of rotatable bonds is 4. The molecule has 3 aromatic rings. The number of likely N-dealkylation sites (tertiary alicyclic amines) is 1. The molecule has 13 heteroatoms. The molecule has 1 aliphatic rings. The Kier molecular flexibility index (Phi) is 6.54. The van der Waals surface area contributed by atoms with Crippen molar-refractivity contribution in [1.29, 1.82) is 0 Å². The maximum absolute atomic E-state index is 13.3. The van der Waals surface area contributed by atoms with Crippen LogP contribution in [0.5, 0.6) is 0 Å². The first-order chi connectivity index (χ1) is 16.7. The van der Waals surface area contributed by atoms with E-state index in [-0.39, 0.29) is 17.8 Å². The average molecular weight is 508 g/mol. The number of fused-ring (bicyclic) bond motifs is 1. The molecule has 3 aromatic heterocycles. The van der Waals surface area contributed by atoms with Crippen LogP contribution in [-0.2, 0) is 10.3 Å². The lowest BCUT2D eigenvalue weighted by molar-refractivity contribution is -0.260. The maximum Gasteiger partial charge on any atom is 0.422 e. The number of nitrogens with zero attached hydrogens (tertiary/aromatic N) is 6. The zero-order chi connectivity index (χ0) is 26.3. The first-order valence-corrected chi connectivity index (χ1v) is 11.4. The van der Waals surface area contributed by atoms with Gasteiger partial charge in [0.05, 0.1) is 36.2 Å². The summed E-state index contributed by atoms with van der Waals surface area (Å²) in [5.74, 6) is 0.440. The molecule has 2 atom stereocenters. The van der Waals surface area contributed by atoms with Crippen molar-refractivity contribution in [2.45, 2.75) is 64.0 Å². The molecule has 0 radical (unpaired) electrons. The number of carbonyl (C=O) groups excluding carboxylic acids is 1. The molecular formula is C23H28F3N7O3.